The minimum atomic E-state index is -0.165. The summed E-state index contributed by atoms with van der Waals surface area (Å²) in [5.41, 5.74) is 1.51. The number of aromatic nitrogens is 2. The van der Waals surface area contributed by atoms with E-state index in [-0.39, 0.29) is 11.5 Å². The zero-order valence-electron chi connectivity index (χ0n) is 12.4. The van der Waals surface area contributed by atoms with Crippen molar-refractivity contribution in [1.29, 1.82) is 0 Å². The van der Waals surface area contributed by atoms with Gasteiger partial charge in [-0.15, -0.1) is 0 Å². The van der Waals surface area contributed by atoms with Crippen molar-refractivity contribution in [1.82, 2.24) is 14.3 Å². The summed E-state index contributed by atoms with van der Waals surface area (Å²) < 4.78 is 6.70. The number of carbonyl (C=O) groups excluding carboxylic acids is 1. The molecule has 0 spiro atoms. The summed E-state index contributed by atoms with van der Waals surface area (Å²) in [6, 6.07) is 10.6. The van der Waals surface area contributed by atoms with Crippen molar-refractivity contribution >= 4 is 22.5 Å². The highest BCUT2D eigenvalue weighted by atomic mass is 16.5. The van der Waals surface area contributed by atoms with Gasteiger partial charge < -0.3 is 9.64 Å². The monoisotopic (exact) mass is 309 g/mol. The van der Waals surface area contributed by atoms with E-state index in [0.717, 1.165) is 0 Å². The number of ether oxygens (including phenoxy) is 1. The number of hydrogen-bond donors (Lipinski definition) is 0. The summed E-state index contributed by atoms with van der Waals surface area (Å²) in [4.78, 5) is 31.4. The van der Waals surface area contributed by atoms with Crippen molar-refractivity contribution in [2.24, 2.45) is 0 Å². The number of benzene rings is 1. The Kier molecular flexibility index (Phi) is 3.31. The first-order valence-electron chi connectivity index (χ1n) is 7.52. The number of fused-ring (bicyclic) bond motifs is 2. The van der Waals surface area contributed by atoms with Crippen LogP contribution < -0.4 is 5.56 Å². The van der Waals surface area contributed by atoms with Crippen molar-refractivity contribution in [2.75, 3.05) is 26.3 Å². The van der Waals surface area contributed by atoms with Crippen LogP contribution in [0, 0.1) is 0 Å². The molecule has 1 fully saturated rings. The lowest BCUT2D eigenvalue weighted by molar-refractivity contribution is 0.0302. The second-order valence-corrected chi connectivity index (χ2v) is 5.48. The molecule has 0 unspecified atom stereocenters. The van der Waals surface area contributed by atoms with Gasteiger partial charge in [-0.25, -0.2) is 4.98 Å². The summed E-state index contributed by atoms with van der Waals surface area (Å²) in [7, 11) is 0. The van der Waals surface area contributed by atoms with Crippen LogP contribution in [0.4, 0.5) is 0 Å². The third kappa shape index (κ3) is 2.37. The summed E-state index contributed by atoms with van der Waals surface area (Å²) in [6.45, 7) is 2.24. The number of pyridine rings is 1. The molecule has 0 radical (unpaired) electrons. The number of amides is 1. The normalized spacial score (nSPS) is 15.2. The molecule has 23 heavy (non-hydrogen) atoms. The minimum absolute atomic E-state index is 0.0877. The van der Waals surface area contributed by atoms with Gasteiger partial charge in [-0.05, 0) is 24.3 Å². The maximum absolute atomic E-state index is 12.6. The van der Waals surface area contributed by atoms with Gasteiger partial charge in [-0.1, -0.05) is 12.1 Å². The van der Waals surface area contributed by atoms with E-state index < -0.39 is 0 Å². The first-order valence-corrected chi connectivity index (χ1v) is 7.52. The van der Waals surface area contributed by atoms with Crippen LogP contribution in [-0.4, -0.2) is 46.5 Å². The van der Waals surface area contributed by atoms with E-state index in [4.69, 9.17) is 4.74 Å². The molecular formula is C17H15N3O3. The van der Waals surface area contributed by atoms with E-state index in [2.05, 4.69) is 4.98 Å². The van der Waals surface area contributed by atoms with Crippen LogP contribution in [0.2, 0.25) is 0 Å². The van der Waals surface area contributed by atoms with Crippen LogP contribution in [0.25, 0.3) is 16.6 Å². The molecule has 116 valence electrons. The molecule has 6 nitrogen and oxygen atoms in total. The smallest absolute Gasteiger partial charge is 0.265 e. The Morgan fingerprint density at radius 2 is 1.87 bits per heavy atom. The van der Waals surface area contributed by atoms with Gasteiger partial charge in [0, 0.05) is 19.3 Å². The van der Waals surface area contributed by atoms with Crippen LogP contribution in [0.5, 0.6) is 0 Å². The fourth-order valence-electron chi connectivity index (χ4n) is 2.83. The topological polar surface area (TPSA) is 63.9 Å². The Labute approximate surface area is 131 Å². The third-order valence-electron chi connectivity index (χ3n) is 4.06. The molecule has 3 heterocycles. The average Bonchev–Trinajstić information content (AvgIpc) is 2.62. The van der Waals surface area contributed by atoms with Crippen molar-refractivity contribution in [2.45, 2.75) is 0 Å². The van der Waals surface area contributed by atoms with Crippen LogP contribution in [-0.2, 0) is 4.74 Å². The predicted molar refractivity (Wildman–Crippen MR) is 85.7 cm³/mol. The average molecular weight is 309 g/mol. The van der Waals surface area contributed by atoms with Crippen LogP contribution in [0.3, 0.4) is 0 Å². The van der Waals surface area contributed by atoms with Gasteiger partial charge in [-0.2, -0.15) is 0 Å². The third-order valence-corrected chi connectivity index (χ3v) is 4.06. The second-order valence-electron chi connectivity index (χ2n) is 5.48. The number of rotatable bonds is 1. The Morgan fingerprint density at radius 1 is 1.09 bits per heavy atom. The molecule has 0 aliphatic carbocycles. The zero-order valence-corrected chi connectivity index (χ0v) is 12.4. The summed E-state index contributed by atoms with van der Waals surface area (Å²) in [5, 5.41) is 0.543. The van der Waals surface area contributed by atoms with Gasteiger partial charge in [0.2, 0.25) is 0 Å². The number of carbonyl (C=O) groups is 1. The molecular weight excluding hydrogens is 294 g/mol. The molecule has 0 atom stereocenters. The SMILES string of the molecule is O=C(c1ccc2nc3ccccc3c(=O)n2c1)N1CCOCC1. The highest BCUT2D eigenvalue weighted by Crippen LogP contribution is 2.12. The summed E-state index contributed by atoms with van der Waals surface area (Å²) >= 11 is 0. The van der Waals surface area contributed by atoms with Gasteiger partial charge in [0.1, 0.15) is 5.65 Å². The Hall–Kier alpha value is -2.73. The highest BCUT2D eigenvalue weighted by molar-refractivity contribution is 5.94. The molecule has 4 rings (SSSR count). The maximum atomic E-state index is 12.6. The molecule has 0 bridgehead atoms. The molecule has 1 saturated heterocycles. The van der Waals surface area contributed by atoms with E-state index in [1.54, 1.807) is 35.4 Å². The lowest BCUT2D eigenvalue weighted by atomic mass is 10.2. The highest BCUT2D eigenvalue weighted by Gasteiger charge is 2.19. The largest absolute Gasteiger partial charge is 0.378 e. The fourth-order valence-corrected chi connectivity index (χ4v) is 2.83. The molecule has 1 aromatic carbocycles. The van der Waals surface area contributed by atoms with Crippen LogP contribution in [0.1, 0.15) is 10.4 Å². The number of para-hydroxylation sites is 1. The van der Waals surface area contributed by atoms with E-state index in [9.17, 15) is 9.59 Å². The van der Waals surface area contributed by atoms with E-state index in [1.807, 2.05) is 12.1 Å². The molecule has 0 saturated carbocycles. The molecule has 1 aliphatic heterocycles. The van der Waals surface area contributed by atoms with Crippen molar-refractivity contribution in [3.63, 3.8) is 0 Å². The van der Waals surface area contributed by atoms with Gasteiger partial charge in [0.05, 0.1) is 29.7 Å². The maximum Gasteiger partial charge on any atom is 0.265 e. The summed E-state index contributed by atoms with van der Waals surface area (Å²) in [6.07, 6.45) is 1.58. The lowest BCUT2D eigenvalue weighted by Crippen LogP contribution is -2.40. The standard InChI is InChI=1S/C17H15N3O3/c21-16(19-7-9-23-10-8-19)12-5-6-15-18-14-4-2-1-3-13(14)17(22)20(15)11-12/h1-6,11H,7-10H2. The minimum Gasteiger partial charge on any atom is -0.378 e. The molecule has 6 heteroatoms. The Morgan fingerprint density at radius 3 is 2.70 bits per heavy atom. The van der Waals surface area contributed by atoms with E-state index >= 15 is 0 Å². The van der Waals surface area contributed by atoms with E-state index in [0.29, 0.717) is 48.4 Å². The zero-order chi connectivity index (χ0) is 15.8. The molecule has 0 N–H and O–H groups in total. The number of hydrogen-bond acceptors (Lipinski definition) is 4. The Bertz CT molecular complexity index is 958. The number of nitrogens with zero attached hydrogens (tertiary/aromatic N) is 3. The summed E-state index contributed by atoms with van der Waals surface area (Å²) in [5.74, 6) is -0.0877. The molecule has 1 amide bonds. The lowest BCUT2D eigenvalue weighted by Gasteiger charge is -2.26. The van der Waals surface area contributed by atoms with Crippen molar-refractivity contribution in [3.05, 3.63) is 58.5 Å². The van der Waals surface area contributed by atoms with Crippen molar-refractivity contribution < 1.29 is 9.53 Å². The fraction of sp³-hybridized carbons (Fsp3) is 0.235. The van der Waals surface area contributed by atoms with Gasteiger partial charge in [0.25, 0.3) is 11.5 Å². The molecule has 1 aliphatic rings. The van der Waals surface area contributed by atoms with Crippen LogP contribution >= 0.6 is 0 Å². The van der Waals surface area contributed by atoms with E-state index in [1.165, 1.54) is 4.40 Å². The first-order chi connectivity index (χ1) is 11.2. The first kappa shape index (κ1) is 13.9. The number of morpholine rings is 1. The quantitative estimate of drug-likeness (QED) is 0.636. The predicted octanol–water partition coefficient (Wildman–Crippen LogP) is 1.32. The molecule has 2 aromatic heterocycles. The molecule has 3 aromatic rings. The van der Waals surface area contributed by atoms with Gasteiger partial charge in [-0.3, -0.25) is 14.0 Å². The Balaban J connectivity index is 1.84. The second kappa shape index (κ2) is 5.48. The van der Waals surface area contributed by atoms with Gasteiger partial charge in [0.15, 0.2) is 0 Å². The van der Waals surface area contributed by atoms with Crippen LogP contribution in [0.15, 0.2) is 47.4 Å². The van der Waals surface area contributed by atoms with Crippen molar-refractivity contribution in [3.8, 4) is 0 Å². The van der Waals surface area contributed by atoms with Gasteiger partial charge >= 0.3 is 0 Å².